The molecule has 0 bridgehead atoms. The first-order chi connectivity index (χ1) is 15.0. The lowest BCUT2D eigenvalue weighted by Gasteiger charge is -2.23. The van der Waals surface area contributed by atoms with Gasteiger partial charge in [-0.3, -0.25) is 0 Å². The van der Waals surface area contributed by atoms with Gasteiger partial charge in [-0.2, -0.15) is 0 Å². The molecule has 34 heavy (non-hydrogen) atoms. The molecule has 0 spiro atoms. The molecule has 0 aliphatic rings. The van der Waals surface area contributed by atoms with E-state index in [0.717, 1.165) is 0 Å². The molecule has 0 amide bonds. The second kappa shape index (κ2) is 23.0. The Hall–Kier alpha value is -0.400. The van der Waals surface area contributed by atoms with Crippen molar-refractivity contribution in [2.75, 3.05) is 87.5 Å². The Morgan fingerprint density at radius 1 is 0.559 bits per heavy atom. The smallest absolute Gasteiger partial charge is 0.104 e. The summed E-state index contributed by atoms with van der Waals surface area (Å²) >= 11 is 0. The quantitative estimate of drug-likeness (QED) is 0.175. The molecule has 10 nitrogen and oxygen atoms in total. The molecule has 0 radical (unpaired) electrons. The van der Waals surface area contributed by atoms with Crippen LogP contribution < -0.4 is 0 Å². The van der Waals surface area contributed by atoms with Gasteiger partial charge in [0.2, 0.25) is 0 Å². The summed E-state index contributed by atoms with van der Waals surface area (Å²) in [7, 11) is 7.45. The average molecular weight is 501 g/mol. The van der Waals surface area contributed by atoms with Crippen LogP contribution in [0.15, 0.2) is 0 Å². The Kier molecular flexibility index (Phi) is 25.8. The van der Waals surface area contributed by atoms with E-state index in [-0.39, 0.29) is 61.1 Å². The van der Waals surface area contributed by atoms with Crippen LogP contribution in [0.3, 0.4) is 0 Å². The molecule has 0 aromatic heterocycles. The Balaban J connectivity index is -0.00000480. The van der Waals surface area contributed by atoms with Crippen molar-refractivity contribution in [3.63, 3.8) is 0 Å². The molecule has 5 unspecified atom stereocenters. The minimum atomic E-state index is -0.838. The van der Waals surface area contributed by atoms with Gasteiger partial charge in [-0.25, -0.2) is 0 Å². The molecule has 0 saturated carbocycles. The second-order valence-electron chi connectivity index (χ2n) is 9.34. The van der Waals surface area contributed by atoms with Gasteiger partial charge in [-0.05, 0) is 40.5 Å². The molecule has 5 atom stereocenters. The Morgan fingerprint density at radius 3 is 1.38 bits per heavy atom. The van der Waals surface area contributed by atoms with Gasteiger partial charge >= 0.3 is 0 Å². The first-order valence-electron chi connectivity index (χ1n) is 11.4. The third-order valence-corrected chi connectivity index (χ3v) is 4.27. The highest BCUT2D eigenvalue weighted by atomic mass is 16.6. The molecule has 0 heterocycles. The van der Waals surface area contributed by atoms with Crippen LogP contribution in [0.2, 0.25) is 0 Å². The molecule has 0 aliphatic heterocycles. The first kappa shape index (κ1) is 38.1. The van der Waals surface area contributed by atoms with Crippen molar-refractivity contribution >= 4 is 0 Å². The van der Waals surface area contributed by atoms with Crippen molar-refractivity contribution in [2.24, 2.45) is 5.92 Å². The maximum atomic E-state index is 10.0. The summed E-state index contributed by atoms with van der Waals surface area (Å²) in [5, 5.41) is 39.8. The van der Waals surface area contributed by atoms with Crippen LogP contribution in [0.1, 0.15) is 35.1 Å². The number of hydrogen-bond donors (Lipinski definition) is 4. The minimum absolute atomic E-state index is 0. The van der Waals surface area contributed by atoms with Gasteiger partial charge in [-0.1, -0.05) is 28.7 Å². The summed E-state index contributed by atoms with van der Waals surface area (Å²) in [4.78, 5) is 3.72. The van der Waals surface area contributed by atoms with E-state index in [2.05, 4.69) is 0 Å². The van der Waals surface area contributed by atoms with Crippen LogP contribution in [0.5, 0.6) is 0 Å². The van der Waals surface area contributed by atoms with Crippen LogP contribution in [-0.2, 0) is 18.9 Å². The lowest BCUT2D eigenvalue weighted by atomic mass is 10.1. The van der Waals surface area contributed by atoms with Gasteiger partial charge in [0.1, 0.15) is 12.2 Å². The van der Waals surface area contributed by atoms with E-state index in [1.807, 2.05) is 51.8 Å². The molecular formula is C24H56N2O8. The highest BCUT2D eigenvalue weighted by molar-refractivity contribution is 4.64. The molecule has 0 aromatic rings. The van der Waals surface area contributed by atoms with Gasteiger partial charge < -0.3 is 49.2 Å². The van der Waals surface area contributed by atoms with Crippen LogP contribution in [0, 0.1) is 5.92 Å². The average Bonchev–Trinajstić information content (AvgIpc) is 2.63. The lowest BCUT2D eigenvalue weighted by Crippen LogP contribution is -2.36. The van der Waals surface area contributed by atoms with E-state index in [9.17, 15) is 20.4 Å². The Morgan fingerprint density at radius 2 is 0.941 bits per heavy atom. The first-order valence-corrected chi connectivity index (χ1v) is 11.4. The maximum Gasteiger partial charge on any atom is 0.104 e. The molecule has 0 saturated heterocycles. The molecule has 0 aliphatic carbocycles. The fraction of sp³-hybridized carbons (Fsp3) is 1.00. The summed E-state index contributed by atoms with van der Waals surface area (Å²) in [5.41, 5.74) is 0. The van der Waals surface area contributed by atoms with Crippen LogP contribution >= 0.6 is 0 Å². The molecule has 0 fully saturated rings. The summed E-state index contributed by atoms with van der Waals surface area (Å²) in [6.45, 7) is 5.94. The maximum absolute atomic E-state index is 10.0. The van der Waals surface area contributed by atoms with Gasteiger partial charge in [0.15, 0.2) is 0 Å². The summed E-state index contributed by atoms with van der Waals surface area (Å²) < 4.78 is 22.2. The standard InChI is InChI=1S/C22H48N2O8.2CH4/c1-17(2)7-18(25)10-30-15-22(32-14-20(27)9-24(5)6)16-31-13-21(28)12-29-11-19(26)8-23(3)4;;/h17-22,25-28H,7-16H2,1-6H3;2*1H4. The highest BCUT2D eigenvalue weighted by Gasteiger charge is 2.17. The van der Waals surface area contributed by atoms with Crippen molar-refractivity contribution in [1.29, 1.82) is 0 Å². The number of ether oxygens (including phenoxy) is 4. The zero-order valence-corrected chi connectivity index (χ0v) is 20.9. The van der Waals surface area contributed by atoms with Crippen molar-refractivity contribution in [3.8, 4) is 0 Å². The van der Waals surface area contributed by atoms with Crippen LogP contribution in [-0.4, -0.2) is 148 Å². The lowest BCUT2D eigenvalue weighted by molar-refractivity contribution is -0.104. The topological polar surface area (TPSA) is 124 Å². The van der Waals surface area contributed by atoms with Crippen molar-refractivity contribution in [1.82, 2.24) is 9.80 Å². The minimum Gasteiger partial charge on any atom is -0.391 e. The van der Waals surface area contributed by atoms with E-state index in [0.29, 0.717) is 25.4 Å². The van der Waals surface area contributed by atoms with Gasteiger partial charge in [-0.15, -0.1) is 0 Å². The zero-order chi connectivity index (χ0) is 24.5. The van der Waals surface area contributed by atoms with E-state index >= 15 is 0 Å². The van der Waals surface area contributed by atoms with Gasteiger partial charge in [0.25, 0.3) is 0 Å². The monoisotopic (exact) mass is 500 g/mol. The Labute approximate surface area is 208 Å². The third-order valence-electron chi connectivity index (χ3n) is 4.27. The van der Waals surface area contributed by atoms with Crippen LogP contribution in [0.25, 0.3) is 0 Å². The summed E-state index contributed by atoms with van der Waals surface area (Å²) in [5.74, 6) is 0.373. The van der Waals surface area contributed by atoms with E-state index < -0.39 is 30.5 Å². The van der Waals surface area contributed by atoms with Crippen molar-refractivity contribution in [2.45, 2.75) is 65.6 Å². The fourth-order valence-electron chi connectivity index (χ4n) is 3.01. The summed E-state index contributed by atoms with van der Waals surface area (Å²) in [6.07, 6.45) is -2.45. The normalized spacial score (nSPS) is 16.1. The third kappa shape index (κ3) is 24.7. The number of aliphatic hydroxyl groups excluding tert-OH is 4. The van der Waals surface area contributed by atoms with Crippen molar-refractivity contribution < 1.29 is 39.4 Å². The second-order valence-corrected chi connectivity index (χ2v) is 9.34. The largest absolute Gasteiger partial charge is 0.391 e. The summed E-state index contributed by atoms with van der Waals surface area (Å²) in [6, 6.07) is 0. The molecule has 10 heteroatoms. The van der Waals surface area contributed by atoms with E-state index in [4.69, 9.17) is 18.9 Å². The van der Waals surface area contributed by atoms with Gasteiger partial charge in [0, 0.05) is 13.1 Å². The molecule has 0 aromatic carbocycles. The molecule has 0 rings (SSSR count). The molecule has 4 N–H and O–H groups in total. The van der Waals surface area contributed by atoms with Crippen molar-refractivity contribution in [3.05, 3.63) is 0 Å². The zero-order valence-electron chi connectivity index (χ0n) is 20.9. The molecular weight excluding hydrogens is 444 g/mol. The van der Waals surface area contributed by atoms with E-state index in [1.54, 1.807) is 0 Å². The number of hydrogen-bond acceptors (Lipinski definition) is 10. The highest BCUT2D eigenvalue weighted by Crippen LogP contribution is 2.06. The Bertz CT molecular complexity index is 430. The predicted octanol–water partition coefficient (Wildman–Crippen LogP) is 0.307. The SMILES string of the molecule is C.C.CC(C)CC(O)COCC(COCC(O)COCC(O)CN(C)C)OCC(O)CN(C)C. The van der Waals surface area contributed by atoms with Gasteiger partial charge in [0.05, 0.1) is 64.6 Å². The number of nitrogens with zero attached hydrogens (tertiary/aromatic N) is 2. The van der Waals surface area contributed by atoms with Crippen LogP contribution in [0.4, 0.5) is 0 Å². The fourth-order valence-corrected chi connectivity index (χ4v) is 3.01. The van der Waals surface area contributed by atoms with E-state index in [1.165, 1.54) is 0 Å². The number of aliphatic hydroxyl groups is 4. The number of likely N-dealkylation sites (N-methyl/N-ethyl adjacent to an activating group) is 2. The molecule has 210 valence electrons. The number of rotatable bonds is 21. The predicted molar refractivity (Wildman–Crippen MR) is 136 cm³/mol.